The van der Waals surface area contributed by atoms with Crippen molar-refractivity contribution in [3.63, 3.8) is 0 Å². The Labute approximate surface area is 181 Å². The molecule has 0 aliphatic rings. The van der Waals surface area contributed by atoms with Gasteiger partial charge in [0, 0.05) is 5.92 Å². The van der Waals surface area contributed by atoms with Gasteiger partial charge in [0.1, 0.15) is 5.82 Å². The van der Waals surface area contributed by atoms with E-state index in [0.717, 1.165) is 17.5 Å². The SMILES string of the molecule is CCCC(C)C(=O)N(Cc1ccccc1)c1c(N)n(Cc2ccccc2)c(=O)[nH]c1=O. The summed E-state index contributed by atoms with van der Waals surface area (Å²) in [6.07, 6.45) is 1.52. The molecule has 1 atom stereocenters. The summed E-state index contributed by atoms with van der Waals surface area (Å²) in [4.78, 5) is 42.4. The summed E-state index contributed by atoms with van der Waals surface area (Å²) < 4.78 is 1.29. The van der Waals surface area contributed by atoms with Gasteiger partial charge in [0.05, 0.1) is 13.1 Å². The van der Waals surface area contributed by atoms with E-state index in [1.807, 2.05) is 74.5 Å². The molecule has 1 unspecified atom stereocenters. The number of rotatable bonds is 8. The molecule has 0 bridgehead atoms. The highest BCUT2D eigenvalue weighted by molar-refractivity contribution is 5.96. The zero-order valence-corrected chi connectivity index (χ0v) is 17.9. The van der Waals surface area contributed by atoms with Gasteiger partial charge >= 0.3 is 5.69 Å². The molecule has 0 aliphatic heterocycles. The van der Waals surface area contributed by atoms with Crippen LogP contribution in [0.5, 0.6) is 0 Å². The van der Waals surface area contributed by atoms with Gasteiger partial charge in [-0.1, -0.05) is 80.9 Å². The molecule has 0 aliphatic carbocycles. The lowest BCUT2D eigenvalue weighted by atomic mass is 10.0. The number of aromatic amines is 1. The van der Waals surface area contributed by atoms with Gasteiger partial charge in [-0.15, -0.1) is 0 Å². The van der Waals surface area contributed by atoms with E-state index < -0.39 is 11.2 Å². The number of H-pyrrole nitrogens is 1. The van der Waals surface area contributed by atoms with Gasteiger partial charge < -0.3 is 5.73 Å². The number of carbonyl (C=O) groups is 1. The Morgan fingerprint density at radius 2 is 1.61 bits per heavy atom. The van der Waals surface area contributed by atoms with Crippen LogP contribution in [0.3, 0.4) is 0 Å². The second kappa shape index (κ2) is 9.93. The van der Waals surface area contributed by atoms with Crippen LogP contribution in [0.2, 0.25) is 0 Å². The molecule has 0 saturated carbocycles. The van der Waals surface area contributed by atoms with E-state index >= 15 is 0 Å². The summed E-state index contributed by atoms with van der Waals surface area (Å²) in [5.41, 5.74) is 6.80. The first-order valence-electron chi connectivity index (χ1n) is 10.4. The number of anilines is 2. The molecule has 1 amide bonds. The molecular formula is C24H28N4O3. The first-order chi connectivity index (χ1) is 14.9. The van der Waals surface area contributed by atoms with Crippen molar-refractivity contribution >= 4 is 17.4 Å². The average molecular weight is 421 g/mol. The first-order valence-corrected chi connectivity index (χ1v) is 10.4. The van der Waals surface area contributed by atoms with Crippen molar-refractivity contribution in [2.75, 3.05) is 10.6 Å². The largest absolute Gasteiger partial charge is 0.383 e. The summed E-state index contributed by atoms with van der Waals surface area (Å²) in [5.74, 6) is -0.514. The van der Waals surface area contributed by atoms with E-state index in [0.29, 0.717) is 6.42 Å². The molecule has 3 rings (SSSR count). The number of nitrogens with two attached hydrogens (primary N) is 1. The zero-order valence-electron chi connectivity index (χ0n) is 17.9. The smallest absolute Gasteiger partial charge is 0.330 e. The molecule has 162 valence electrons. The number of nitrogens with one attached hydrogen (secondary N) is 1. The molecule has 31 heavy (non-hydrogen) atoms. The fourth-order valence-corrected chi connectivity index (χ4v) is 3.62. The van der Waals surface area contributed by atoms with Crippen molar-refractivity contribution < 1.29 is 4.79 Å². The summed E-state index contributed by atoms with van der Waals surface area (Å²) in [6.45, 7) is 4.22. The van der Waals surface area contributed by atoms with Crippen LogP contribution in [-0.2, 0) is 17.9 Å². The lowest BCUT2D eigenvalue weighted by Crippen LogP contribution is -2.42. The van der Waals surface area contributed by atoms with Crippen LogP contribution >= 0.6 is 0 Å². The van der Waals surface area contributed by atoms with Crippen LogP contribution in [0.25, 0.3) is 0 Å². The maximum absolute atomic E-state index is 13.3. The summed E-state index contributed by atoms with van der Waals surface area (Å²) >= 11 is 0. The van der Waals surface area contributed by atoms with Gasteiger partial charge in [-0.2, -0.15) is 0 Å². The van der Waals surface area contributed by atoms with Gasteiger partial charge in [-0.05, 0) is 17.5 Å². The minimum absolute atomic E-state index is 0.00679. The standard InChI is InChI=1S/C24H28N4O3/c1-3-10-17(2)23(30)27(15-18-11-6-4-7-12-18)20-21(25)28(24(31)26-22(20)29)16-19-13-8-5-9-14-19/h4-9,11-14,17H,3,10,15-16,25H2,1-2H3,(H,26,29,31). The topological polar surface area (TPSA) is 101 Å². The van der Waals surface area contributed by atoms with Gasteiger partial charge in [0.15, 0.2) is 5.69 Å². The predicted molar refractivity (Wildman–Crippen MR) is 123 cm³/mol. The number of nitrogen functional groups attached to an aromatic ring is 1. The second-order valence-electron chi connectivity index (χ2n) is 7.66. The van der Waals surface area contributed by atoms with Gasteiger partial charge in [0.2, 0.25) is 5.91 Å². The third-order valence-electron chi connectivity index (χ3n) is 5.26. The summed E-state index contributed by atoms with van der Waals surface area (Å²) in [7, 11) is 0. The van der Waals surface area contributed by atoms with Gasteiger partial charge in [0.25, 0.3) is 5.56 Å². The molecule has 7 nitrogen and oxygen atoms in total. The van der Waals surface area contributed by atoms with Crippen LogP contribution in [0.4, 0.5) is 11.5 Å². The number of benzene rings is 2. The van der Waals surface area contributed by atoms with Crippen molar-refractivity contribution in [1.29, 1.82) is 0 Å². The van der Waals surface area contributed by atoms with Crippen LogP contribution in [0, 0.1) is 5.92 Å². The fraction of sp³-hybridized carbons (Fsp3) is 0.292. The molecule has 0 radical (unpaired) electrons. The van der Waals surface area contributed by atoms with Crippen LogP contribution in [0.1, 0.15) is 37.8 Å². The van der Waals surface area contributed by atoms with E-state index in [1.54, 1.807) is 0 Å². The summed E-state index contributed by atoms with van der Waals surface area (Å²) in [6, 6.07) is 18.7. The second-order valence-corrected chi connectivity index (χ2v) is 7.66. The Balaban J connectivity index is 2.11. The van der Waals surface area contributed by atoms with Crippen molar-refractivity contribution in [2.45, 2.75) is 39.8 Å². The average Bonchev–Trinajstić information content (AvgIpc) is 2.77. The van der Waals surface area contributed by atoms with Gasteiger partial charge in [-0.25, -0.2) is 4.79 Å². The van der Waals surface area contributed by atoms with Crippen LogP contribution in [0.15, 0.2) is 70.3 Å². The third kappa shape index (κ3) is 5.12. The lowest BCUT2D eigenvalue weighted by molar-refractivity contribution is -0.122. The van der Waals surface area contributed by atoms with Crippen molar-refractivity contribution in [3.05, 3.63) is 92.6 Å². The van der Waals surface area contributed by atoms with Crippen LogP contribution < -0.4 is 21.9 Å². The fourth-order valence-electron chi connectivity index (χ4n) is 3.62. The Hall–Kier alpha value is -3.61. The zero-order chi connectivity index (χ0) is 22.4. The highest BCUT2D eigenvalue weighted by Gasteiger charge is 2.27. The van der Waals surface area contributed by atoms with E-state index in [-0.39, 0.29) is 36.4 Å². The minimum Gasteiger partial charge on any atom is -0.383 e. The molecule has 1 aromatic heterocycles. The van der Waals surface area contributed by atoms with E-state index in [2.05, 4.69) is 4.98 Å². The third-order valence-corrected chi connectivity index (χ3v) is 5.26. The molecule has 2 aromatic carbocycles. The maximum Gasteiger partial charge on any atom is 0.330 e. The number of carbonyl (C=O) groups excluding carboxylic acids is 1. The Kier molecular flexibility index (Phi) is 7.07. The van der Waals surface area contributed by atoms with Crippen molar-refractivity contribution in [2.24, 2.45) is 5.92 Å². The molecule has 3 N–H and O–H groups in total. The number of hydrogen-bond acceptors (Lipinski definition) is 4. The number of hydrogen-bond donors (Lipinski definition) is 2. The quantitative estimate of drug-likeness (QED) is 0.584. The molecule has 3 aromatic rings. The molecular weight excluding hydrogens is 392 g/mol. The van der Waals surface area contributed by atoms with Crippen molar-refractivity contribution in [1.82, 2.24) is 9.55 Å². The van der Waals surface area contributed by atoms with E-state index in [4.69, 9.17) is 5.73 Å². The molecule has 1 heterocycles. The Morgan fingerprint density at radius 1 is 1.03 bits per heavy atom. The lowest BCUT2D eigenvalue weighted by Gasteiger charge is -2.27. The Bertz CT molecular complexity index is 1140. The highest BCUT2D eigenvalue weighted by atomic mass is 16.2. The monoisotopic (exact) mass is 420 g/mol. The highest BCUT2D eigenvalue weighted by Crippen LogP contribution is 2.23. The maximum atomic E-state index is 13.3. The number of nitrogens with zero attached hydrogens (tertiary/aromatic N) is 2. The molecule has 0 fully saturated rings. The Morgan fingerprint density at radius 3 is 2.19 bits per heavy atom. The minimum atomic E-state index is -0.667. The van der Waals surface area contributed by atoms with Crippen molar-refractivity contribution in [3.8, 4) is 0 Å². The predicted octanol–water partition coefficient (Wildman–Crippen LogP) is 3.14. The molecule has 7 heteroatoms. The number of aromatic nitrogens is 2. The first kappa shape index (κ1) is 22.1. The van der Waals surface area contributed by atoms with E-state index in [1.165, 1.54) is 9.47 Å². The van der Waals surface area contributed by atoms with E-state index in [9.17, 15) is 14.4 Å². The molecule has 0 saturated heterocycles. The molecule has 0 spiro atoms. The normalized spacial score (nSPS) is 11.8. The number of amides is 1. The van der Waals surface area contributed by atoms with Gasteiger partial charge in [-0.3, -0.25) is 24.0 Å². The summed E-state index contributed by atoms with van der Waals surface area (Å²) in [5, 5.41) is 0. The van der Waals surface area contributed by atoms with Crippen LogP contribution in [-0.4, -0.2) is 15.5 Å².